The highest BCUT2D eigenvalue weighted by molar-refractivity contribution is 5.71. The van der Waals surface area contributed by atoms with E-state index in [9.17, 15) is 9.59 Å². The molecule has 0 amide bonds. The number of aromatic nitrogens is 4. The third kappa shape index (κ3) is 5.67. The van der Waals surface area contributed by atoms with Crippen LogP contribution in [-0.4, -0.2) is 42.5 Å². The van der Waals surface area contributed by atoms with Gasteiger partial charge in [-0.1, -0.05) is 12.2 Å². The summed E-state index contributed by atoms with van der Waals surface area (Å²) in [6.45, 7) is 11.2. The highest BCUT2D eigenvalue weighted by Crippen LogP contribution is 2.31. The molecule has 0 aliphatic heterocycles. The molecular formula is C20H26N4O4. The maximum atomic E-state index is 12.3. The zero-order chi connectivity index (χ0) is 20.6. The van der Waals surface area contributed by atoms with E-state index in [1.54, 1.807) is 12.2 Å². The number of carbonyl (C=O) groups excluding carboxylic acids is 2. The van der Waals surface area contributed by atoms with E-state index in [2.05, 4.69) is 23.1 Å². The van der Waals surface area contributed by atoms with Gasteiger partial charge >= 0.3 is 12.2 Å². The van der Waals surface area contributed by atoms with Crippen LogP contribution in [0.15, 0.2) is 62.8 Å². The summed E-state index contributed by atoms with van der Waals surface area (Å²) in [6, 6.07) is 0. The first-order valence-electron chi connectivity index (χ1n) is 8.95. The minimum Gasteiger partial charge on any atom is -0.442 e. The summed E-state index contributed by atoms with van der Waals surface area (Å²) in [5.74, 6) is 0. The highest BCUT2D eigenvalue weighted by Gasteiger charge is 2.35. The lowest BCUT2D eigenvalue weighted by Gasteiger charge is -2.34. The van der Waals surface area contributed by atoms with Crippen molar-refractivity contribution in [1.82, 2.24) is 19.1 Å². The summed E-state index contributed by atoms with van der Waals surface area (Å²) < 4.78 is 13.9. The number of rotatable bonds is 9. The van der Waals surface area contributed by atoms with Gasteiger partial charge in [-0.2, -0.15) is 0 Å². The monoisotopic (exact) mass is 386 g/mol. The number of hydrogen-bond donors (Lipinski definition) is 0. The second-order valence-electron chi connectivity index (χ2n) is 7.06. The Kier molecular flexibility index (Phi) is 6.92. The molecule has 0 N–H and O–H groups in total. The molecule has 2 atom stereocenters. The van der Waals surface area contributed by atoms with E-state index < -0.39 is 23.4 Å². The van der Waals surface area contributed by atoms with Gasteiger partial charge in [0.1, 0.15) is 23.9 Å². The van der Waals surface area contributed by atoms with Crippen molar-refractivity contribution < 1.29 is 19.1 Å². The first-order valence-corrected chi connectivity index (χ1v) is 8.95. The number of nitrogens with zero attached hydrogens (tertiary/aromatic N) is 4. The zero-order valence-electron chi connectivity index (χ0n) is 16.3. The van der Waals surface area contributed by atoms with Gasteiger partial charge in [-0.3, -0.25) is 0 Å². The van der Waals surface area contributed by atoms with Gasteiger partial charge in [-0.25, -0.2) is 28.7 Å². The SMILES string of the molecule is C=CCC(C)(CCC(C)(CC=C)OC(=O)n1ccnc1)OC(=O)n1ccnc1. The van der Waals surface area contributed by atoms with Crippen LogP contribution in [0.1, 0.15) is 39.5 Å². The molecule has 0 radical (unpaired) electrons. The molecule has 0 aliphatic rings. The number of carbonyl (C=O) groups is 2. The predicted molar refractivity (Wildman–Crippen MR) is 104 cm³/mol. The largest absolute Gasteiger partial charge is 0.442 e. The molecule has 0 aromatic carbocycles. The van der Waals surface area contributed by atoms with Crippen LogP contribution in [-0.2, 0) is 9.47 Å². The fourth-order valence-electron chi connectivity index (χ4n) is 2.79. The minimum atomic E-state index is -0.813. The molecular weight excluding hydrogens is 360 g/mol. The average molecular weight is 386 g/mol. The van der Waals surface area contributed by atoms with Crippen LogP contribution in [0.5, 0.6) is 0 Å². The van der Waals surface area contributed by atoms with Crippen LogP contribution in [0.2, 0.25) is 0 Å². The summed E-state index contributed by atoms with van der Waals surface area (Å²) in [7, 11) is 0. The summed E-state index contributed by atoms with van der Waals surface area (Å²) in [6.07, 6.45) is 13.0. The maximum absolute atomic E-state index is 12.3. The maximum Gasteiger partial charge on any atom is 0.419 e. The van der Waals surface area contributed by atoms with E-state index in [0.717, 1.165) is 0 Å². The predicted octanol–water partition coefficient (Wildman–Crippen LogP) is 4.20. The van der Waals surface area contributed by atoms with Crippen molar-refractivity contribution in [3.05, 3.63) is 62.8 Å². The van der Waals surface area contributed by atoms with Gasteiger partial charge in [0.25, 0.3) is 0 Å². The Balaban J connectivity index is 2.08. The van der Waals surface area contributed by atoms with Gasteiger partial charge < -0.3 is 9.47 Å². The lowest BCUT2D eigenvalue weighted by atomic mass is 9.87. The third-order valence-corrected chi connectivity index (χ3v) is 4.43. The first kappa shape index (κ1) is 21.1. The van der Waals surface area contributed by atoms with Crippen LogP contribution in [0.25, 0.3) is 0 Å². The van der Waals surface area contributed by atoms with Gasteiger partial charge in [0.05, 0.1) is 0 Å². The Morgan fingerprint density at radius 1 is 0.893 bits per heavy atom. The third-order valence-electron chi connectivity index (χ3n) is 4.43. The molecule has 8 heteroatoms. The lowest BCUT2D eigenvalue weighted by Crippen LogP contribution is -2.38. The molecule has 0 fully saturated rings. The van der Waals surface area contributed by atoms with Crippen molar-refractivity contribution >= 4 is 12.2 Å². The Labute approximate surface area is 164 Å². The highest BCUT2D eigenvalue weighted by atomic mass is 16.6. The van der Waals surface area contributed by atoms with Crippen molar-refractivity contribution in [3.8, 4) is 0 Å². The molecule has 0 saturated heterocycles. The zero-order valence-corrected chi connectivity index (χ0v) is 16.3. The summed E-state index contributed by atoms with van der Waals surface area (Å²) in [4.78, 5) is 32.4. The van der Waals surface area contributed by atoms with Crippen LogP contribution in [0.3, 0.4) is 0 Å². The molecule has 0 spiro atoms. The van der Waals surface area contributed by atoms with E-state index in [0.29, 0.717) is 25.7 Å². The summed E-state index contributed by atoms with van der Waals surface area (Å²) >= 11 is 0. The summed E-state index contributed by atoms with van der Waals surface area (Å²) in [5.41, 5.74) is -1.63. The van der Waals surface area contributed by atoms with Crippen LogP contribution in [0, 0.1) is 0 Å². The van der Waals surface area contributed by atoms with E-state index in [1.807, 2.05) is 13.8 Å². The Morgan fingerprint density at radius 2 is 1.29 bits per heavy atom. The number of ether oxygens (including phenoxy) is 2. The second kappa shape index (κ2) is 9.16. The van der Waals surface area contributed by atoms with Gasteiger partial charge in [0.2, 0.25) is 0 Å². The molecule has 0 saturated carbocycles. The fourth-order valence-corrected chi connectivity index (χ4v) is 2.79. The van der Waals surface area contributed by atoms with Crippen molar-refractivity contribution in [2.45, 2.75) is 50.7 Å². The van der Waals surface area contributed by atoms with Crippen molar-refractivity contribution in [2.75, 3.05) is 0 Å². The molecule has 2 heterocycles. The fraction of sp³-hybridized carbons (Fsp3) is 0.400. The quantitative estimate of drug-likeness (QED) is 0.600. The van der Waals surface area contributed by atoms with Crippen LogP contribution < -0.4 is 0 Å². The van der Waals surface area contributed by atoms with Crippen LogP contribution >= 0.6 is 0 Å². The van der Waals surface area contributed by atoms with E-state index in [4.69, 9.17) is 9.47 Å². The number of hydrogen-bond acceptors (Lipinski definition) is 6. The first-order chi connectivity index (χ1) is 13.3. The van der Waals surface area contributed by atoms with Crippen molar-refractivity contribution in [2.24, 2.45) is 0 Å². The van der Waals surface area contributed by atoms with E-state index in [1.165, 1.54) is 46.6 Å². The van der Waals surface area contributed by atoms with E-state index in [-0.39, 0.29) is 0 Å². The lowest BCUT2D eigenvalue weighted by molar-refractivity contribution is -0.0203. The molecule has 2 aromatic rings. The standard InChI is InChI=1S/C20H26N4O4/c1-5-7-19(3,27-17(25)23-13-11-21-15-23)9-10-20(4,8-6-2)28-18(26)24-14-12-22-16-24/h5-6,11-16H,1-2,7-10H2,3-4H3. The Bertz CT molecular complexity index is 732. The molecule has 8 nitrogen and oxygen atoms in total. The molecule has 0 aliphatic carbocycles. The van der Waals surface area contributed by atoms with Gasteiger partial charge in [-0.15, -0.1) is 13.2 Å². The summed E-state index contributed by atoms with van der Waals surface area (Å²) in [5, 5.41) is 0. The second-order valence-corrected chi connectivity index (χ2v) is 7.06. The average Bonchev–Trinajstić information content (AvgIpc) is 3.34. The molecule has 2 aromatic heterocycles. The Hall–Kier alpha value is -3.16. The van der Waals surface area contributed by atoms with Crippen molar-refractivity contribution in [1.29, 1.82) is 0 Å². The van der Waals surface area contributed by atoms with Gasteiger partial charge in [-0.05, 0) is 26.7 Å². The molecule has 0 bridgehead atoms. The normalized spacial score (nSPS) is 15.1. The molecule has 28 heavy (non-hydrogen) atoms. The van der Waals surface area contributed by atoms with E-state index >= 15 is 0 Å². The van der Waals surface area contributed by atoms with Crippen molar-refractivity contribution in [3.63, 3.8) is 0 Å². The molecule has 150 valence electrons. The van der Waals surface area contributed by atoms with Gasteiger partial charge in [0.15, 0.2) is 0 Å². The van der Waals surface area contributed by atoms with Crippen LogP contribution in [0.4, 0.5) is 9.59 Å². The Morgan fingerprint density at radius 3 is 1.57 bits per heavy atom. The number of imidazole rings is 2. The smallest absolute Gasteiger partial charge is 0.419 e. The van der Waals surface area contributed by atoms with Gasteiger partial charge in [0, 0.05) is 37.6 Å². The minimum absolute atomic E-state index is 0.451. The molecule has 2 unspecified atom stereocenters. The molecule has 2 rings (SSSR count). The topological polar surface area (TPSA) is 88.2 Å².